The maximum absolute atomic E-state index is 13.1. The molecule has 1 aromatic heterocycles. The normalized spacial score (nSPS) is 30.1. The highest BCUT2D eigenvalue weighted by molar-refractivity contribution is 7.07. The summed E-state index contributed by atoms with van der Waals surface area (Å²) in [4.78, 5) is 17.3. The summed E-state index contributed by atoms with van der Waals surface area (Å²) in [5, 5.41) is 5.29. The molecule has 1 N–H and O–H groups in total. The summed E-state index contributed by atoms with van der Waals surface area (Å²) in [5.74, 6) is 3.80. The maximum atomic E-state index is 13.1. The van der Waals surface area contributed by atoms with Gasteiger partial charge in [-0.1, -0.05) is 0 Å². The smallest absolute Gasteiger partial charge is 0.251 e. The number of amides is 1. The largest absolute Gasteiger partial charge is 0.493 e. The third-order valence-electron chi connectivity index (χ3n) is 7.64. The lowest BCUT2D eigenvalue weighted by molar-refractivity contribution is -0.0688. The molecular formula is C24H30N2O3S. The van der Waals surface area contributed by atoms with Crippen molar-refractivity contribution in [3.8, 4) is 11.5 Å². The van der Waals surface area contributed by atoms with Gasteiger partial charge in [-0.3, -0.25) is 4.79 Å². The predicted molar refractivity (Wildman–Crippen MR) is 117 cm³/mol. The van der Waals surface area contributed by atoms with Crippen molar-refractivity contribution in [3.63, 3.8) is 0 Å². The quantitative estimate of drug-likeness (QED) is 0.672. The minimum atomic E-state index is -0.0254. The molecule has 4 fully saturated rings. The zero-order valence-electron chi connectivity index (χ0n) is 17.7. The van der Waals surface area contributed by atoms with Gasteiger partial charge in [-0.15, -0.1) is 11.3 Å². The fourth-order valence-corrected chi connectivity index (χ4v) is 7.07. The van der Waals surface area contributed by atoms with Crippen LogP contribution in [0, 0.1) is 23.2 Å². The van der Waals surface area contributed by atoms with E-state index in [1.807, 2.05) is 17.5 Å². The Kier molecular flexibility index (Phi) is 5.21. The first-order chi connectivity index (χ1) is 14.5. The summed E-state index contributed by atoms with van der Waals surface area (Å²) in [6.45, 7) is 2.60. The highest BCUT2D eigenvalue weighted by Gasteiger charge is 2.53. The molecule has 1 aromatic carbocycles. The number of hydrogen-bond donors (Lipinski definition) is 1. The highest BCUT2D eigenvalue weighted by atomic mass is 32.1. The summed E-state index contributed by atoms with van der Waals surface area (Å²) < 4.78 is 11.3. The van der Waals surface area contributed by atoms with E-state index < -0.39 is 0 Å². The van der Waals surface area contributed by atoms with E-state index in [1.165, 1.54) is 38.5 Å². The van der Waals surface area contributed by atoms with Crippen LogP contribution in [0.4, 0.5) is 0 Å². The number of ether oxygens (including phenoxy) is 2. The molecule has 4 aliphatic carbocycles. The summed E-state index contributed by atoms with van der Waals surface area (Å²) >= 11 is 1.54. The van der Waals surface area contributed by atoms with Crippen molar-refractivity contribution in [2.75, 3.05) is 7.11 Å². The summed E-state index contributed by atoms with van der Waals surface area (Å²) in [6.07, 6.45) is 8.10. The van der Waals surface area contributed by atoms with Crippen molar-refractivity contribution in [3.05, 3.63) is 40.3 Å². The molecule has 1 atom stereocenters. The van der Waals surface area contributed by atoms with Crippen LogP contribution in [0.3, 0.4) is 0 Å². The first-order valence-corrected chi connectivity index (χ1v) is 12.0. The summed E-state index contributed by atoms with van der Waals surface area (Å²) in [7, 11) is 1.60. The second-order valence-corrected chi connectivity index (χ2v) is 10.3. The zero-order chi connectivity index (χ0) is 20.7. The lowest BCUT2D eigenvalue weighted by Crippen LogP contribution is -2.55. The number of thiazole rings is 1. The van der Waals surface area contributed by atoms with Gasteiger partial charge < -0.3 is 14.8 Å². The van der Waals surface area contributed by atoms with Gasteiger partial charge in [0.05, 0.1) is 18.3 Å². The van der Waals surface area contributed by atoms with Crippen LogP contribution in [0.25, 0.3) is 0 Å². The number of carbonyl (C=O) groups excluding carboxylic acids is 1. The topological polar surface area (TPSA) is 60.5 Å². The van der Waals surface area contributed by atoms with E-state index in [0.29, 0.717) is 29.1 Å². The SMILES string of the molecule is COc1cc(C(=O)NC(C)C23CC4CC(CC(C4)C2)C3)ccc1OCc1cscn1. The number of aromatic nitrogens is 1. The van der Waals surface area contributed by atoms with Gasteiger partial charge in [0.15, 0.2) is 11.5 Å². The van der Waals surface area contributed by atoms with Crippen molar-refractivity contribution < 1.29 is 14.3 Å². The van der Waals surface area contributed by atoms with Gasteiger partial charge in [0.1, 0.15) is 6.61 Å². The van der Waals surface area contributed by atoms with Crippen molar-refractivity contribution in [1.82, 2.24) is 10.3 Å². The molecule has 1 amide bonds. The molecule has 160 valence electrons. The van der Waals surface area contributed by atoms with Crippen LogP contribution in [0.5, 0.6) is 11.5 Å². The molecule has 0 saturated heterocycles. The molecule has 4 aliphatic rings. The van der Waals surface area contributed by atoms with Gasteiger partial charge >= 0.3 is 0 Å². The Morgan fingerprint density at radius 3 is 2.50 bits per heavy atom. The third kappa shape index (κ3) is 3.70. The Labute approximate surface area is 182 Å². The molecule has 6 rings (SSSR count). The fraction of sp³-hybridized carbons (Fsp3) is 0.583. The van der Waals surface area contributed by atoms with Crippen LogP contribution in [0.2, 0.25) is 0 Å². The van der Waals surface area contributed by atoms with E-state index in [1.54, 1.807) is 30.0 Å². The Morgan fingerprint density at radius 1 is 1.20 bits per heavy atom. The number of hydrogen-bond acceptors (Lipinski definition) is 5. The number of methoxy groups -OCH3 is 1. The van der Waals surface area contributed by atoms with Crippen LogP contribution >= 0.6 is 11.3 Å². The van der Waals surface area contributed by atoms with Gasteiger partial charge in [-0.2, -0.15) is 0 Å². The molecule has 1 heterocycles. The van der Waals surface area contributed by atoms with Crippen molar-refractivity contribution in [1.29, 1.82) is 0 Å². The monoisotopic (exact) mass is 426 g/mol. The molecule has 4 bridgehead atoms. The average Bonchev–Trinajstić information content (AvgIpc) is 3.24. The number of nitrogens with zero attached hydrogens (tertiary/aromatic N) is 1. The molecular weight excluding hydrogens is 396 g/mol. The van der Waals surface area contributed by atoms with E-state index in [-0.39, 0.29) is 11.9 Å². The van der Waals surface area contributed by atoms with Gasteiger partial charge in [0, 0.05) is 17.0 Å². The van der Waals surface area contributed by atoms with Crippen LogP contribution < -0.4 is 14.8 Å². The maximum Gasteiger partial charge on any atom is 0.251 e. The molecule has 1 unspecified atom stereocenters. The van der Waals surface area contributed by atoms with E-state index >= 15 is 0 Å². The Bertz CT molecular complexity index is 876. The van der Waals surface area contributed by atoms with Crippen molar-refractivity contribution >= 4 is 17.2 Å². The van der Waals surface area contributed by atoms with Crippen molar-refractivity contribution in [2.24, 2.45) is 23.2 Å². The Balaban J connectivity index is 1.26. The second kappa shape index (κ2) is 7.88. The zero-order valence-corrected chi connectivity index (χ0v) is 18.5. The molecule has 0 radical (unpaired) electrons. The third-order valence-corrected chi connectivity index (χ3v) is 8.27. The minimum Gasteiger partial charge on any atom is -0.493 e. The molecule has 6 heteroatoms. The van der Waals surface area contributed by atoms with Crippen molar-refractivity contribution in [2.45, 2.75) is 58.1 Å². The first-order valence-electron chi connectivity index (χ1n) is 11.0. The minimum absolute atomic E-state index is 0.0254. The van der Waals surface area contributed by atoms with Crippen LogP contribution in [-0.4, -0.2) is 24.0 Å². The average molecular weight is 427 g/mol. The number of carbonyl (C=O) groups is 1. The Morgan fingerprint density at radius 2 is 1.90 bits per heavy atom. The van der Waals surface area contributed by atoms with Gasteiger partial charge in [0.2, 0.25) is 0 Å². The highest BCUT2D eigenvalue weighted by Crippen LogP contribution is 2.61. The lowest BCUT2D eigenvalue weighted by Gasteiger charge is -2.59. The molecule has 0 spiro atoms. The standard InChI is InChI=1S/C24H30N2O3S/c1-15(24-9-16-5-17(10-24)7-18(6-16)11-24)26-23(27)19-3-4-21(22(8-19)28-2)29-12-20-13-30-14-25-20/h3-4,8,13-18H,5-7,9-12H2,1-2H3,(H,26,27). The van der Waals surface area contributed by atoms with Crippen LogP contribution in [0.15, 0.2) is 29.1 Å². The lowest BCUT2D eigenvalue weighted by atomic mass is 9.48. The molecule has 5 nitrogen and oxygen atoms in total. The molecule has 30 heavy (non-hydrogen) atoms. The van der Waals surface area contributed by atoms with E-state index in [0.717, 1.165) is 23.4 Å². The summed E-state index contributed by atoms with van der Waals surface area (Å²) in [6, 6.07) is 5.61. The van der Waals surface area contributed by atoms with E-state index in [4.69, 9.17) is 9.47 Å². The van der Waals surface area contributed by atoms with Gasteiger partial charge in [0.25, 0.3) is 5.91 Å². The van der Waals surface area contributed by atoms with Crippen LogP contribution in [-0.2, 0) is 6.61 Å². The van der Waals surface area contributed by atoms with E-state index in [2.05, 4.69) is 17.2 Å². The van der Waals surface area contributed by atoms with Crippen LogP contribution in [0.1, 0.15) is 61.5 Å². The molecule has 0 aliphatic heterocycles. The Hall–Kier alpha value is -2.08. The fourth-order valence-electron chi connectivity index (χ4n) is 6.53. The summed E-state index contributed by atoms with van der Waals surface area (Å²) in [5.41, 5.74) is 3.58. The number of nitrogens with one attached hydrogen (secondary N) is 1. The first kappa shape index (κ1) is 19.9. The van der Waals surface area contributed by atoms with Gasteiger partial charge in [-0.25, -0.2) is 4.98 Å². The number of benzene rings is 1. The second-order valence-electron chi connectivity index (χ2n) is 9.61. The van der Waals surface area contributed by atoms with Gasteiger partial charge in [-0.05, 0) is 86.8 Å². The molecule has 2 aromatic rings. The van der Waals surface area contributed by atoms with E-state index in [9.17, 15) is 4.79 Å². The molecule has 4 saturated carbocycles. The predicted octanol–water partition coefficient (Wildman–Crippen LogP) is 5.07. The number of rotatable bonds is 7.